The van der Waals surface area contributed by atoms with E-state index in [9.17, 15) is 0 Å². The third kappa shape index (κ3) is 2.33. The lowest BCUT2D eigenvalue weighted by atomic mass is 9.64. The van der Waals surface area contributed by atoms with Gasteiger partial charge in [-0.25, -0.2) is 26.3 Å². The summed E-state index contributed by atoms with van der Waals surface area (Å²) in [6.45, 7) is 2.49. The van der Waals surface area contributed by atoms with E-state index in [1.165, 1.54) is 0 Å². The molecule has 0 N–H and O–H groups in total. The summed E-state index contributed by atoms with van der Waals surface area (Å²) >= 11 is 0. The first-order chi connectivity index (χ1) is 12.4. The van der Waals surface area contributed by atoms with Crippen LogP contribution in [0.25, 0.3) is 0 Å². The minimum atomic E-state index is -6.45. The van der Waals surface area contributed by atoms with Crippen molar-refractivity contribution in [1.29, 1.82) is 0 Å². The molecule has 1 saturated carbocycles. The van der Waals surface area contributed by atoms with Gasteiger partial charge in [0, 0.05) is 25.0 Å². The maximum Gasteiger partial charge on any atom is 0.350 e. The van der Waals surface area contributed by atoms with Crippen LogP contribution in [0.15, 0.2) is 0 Å². The van der Waals surface area contributed by atoms with Gasteiger partial charge < -0.3 is 9.47 Å². The third-order valence-electron chi connectivity index (χ3n) is 5.49. The van der Waals surface area contributed by atoms with Crippen molar-refractivity contribution in [3.8, 4) is 0 Å². The van der Waals surface area contributed by atoms with Gasteiger partial charge in [0.25, 0.3) is 23.2 Å². The Morgan fingerprint density at radius 3 is 0.862 bits per heavy atom. The molecule has 0 aliphatic heterocycles. The molecule has 0 heterocycles. The van der Waals surface area contributed by atoms with Gasteiger partial charge in [-0.05, 0) is 0 Å². The normalized spacial score (nSPS) is 32.5. The highest BCUT2D eigenvalue weighted by molar-refractivity contribution is 5.39. The lowest BCUT2D eigenvalue weighted by molar-refractivity contribution is -0.395. The van der Waals surface area contributed by atoms with E-state index < -0.39 is 51.6 Å². The van der Waals surface area contributed by atoms with Gasteiger partial charge in [0.15, 0.2) is 0 Å². The summed E-state index contributed by atoms with van der Waals surface area (Å²) in [6.07, 6.45) is 0. The van der Waals surface area contributed by atoms with E-state index in [0.29, 0.717) is 41.5 Å². The summed E-state index contributed by atoms with van der Waals surface area (Å²) in [6, 6.07) is 0. The van der Waals surface area contributed by atoms with E-state index >= 15 is 43.9 Å². The highest BCUT2D eigenvalue weighted by Gasteiger charge is 3.08. The van der Waals surface area contributed by atoms with Crippen molar-refractivity contribution < 1.29 is 53.4 Å². The van der Waals surface area contributed by atoms with Gasteiger partial charge in [-0.1, -0.05) is 41.5 Å². The average Bonchev–Trinajstić information content (AvgIpc) is 2.58. The van der Waals surface area contributed by atoms with E-state index in [-0.39, 0.29) is 14.2 Å². The number of ether oxygens (including phenoxy) is 2. The topological polar surface area (TPSA) is 18.5 Å². The van der Waals surface area contributed by atoms with E-state index in [1.807, 2.05) is 0 Å². The van der Waals surface area contributed by atoms with Crippen molar-refractivity contribution >= 4 is 0 Å². The molecule has 0 aromatic rings. The number of hydrogen-bond acceptors (Lipinski definition) is 2. The minimum Gasteiger partial charge on any atom is -0.343 e. The summed E-state index contributed by atoms with van der Waals surface area (Å²) < 4.78 is 160. The van der Waals surface area contributed by atoms with E-state index in [0.717, 1.165) is 0 Å². The van der Waals surface area contributed by atoms with Crippen LogP contribution in [0.5, 0.6) is 0 Å². The zero-order valence-corrected chi connectivity index (χ0v) is 17.1. The standard InChI is InChI=1S/C17H24F10O2/c1-9(2,3)13(20,21)11(18)12(19,14(22,23)10(4,5)6)16(26,27)17(28-7,29-8)15(11,24)25/h1-8H3. The molecule has 0 aromatic carbocycles. The molecule has 0 spiro atoms. The van der Waals surface area contributed by atoms with Crippen LogP contribution in [0.2, 0.25) is 0 Å². The average molecular weight is 450 g/mol. The Hall–Kier alpha value is -0.780. The summed E-state index contributed by atoms with van der Waals surface area (Å²) in [5.74, 6) is -29.1. The SMILES string of the molecule is COC1(OC)C(F)(F)C(F)(C(F)(F)C(C)(C)C)C(F)(C(F)(F)C(C)(C)C)C1(F)F. The maximum absolute atomic E-state index is 15.8. The first kappa shape index (κ1) is 26.3. The quantitative estimate of drug-likeness (QED) is 0.384. The fraction of sp³-hybridized carbons (Fsp3) is 1.00. The summed E-state index contributed by atoms with van der Waals surface area (Å²) in [4.78, 5) is 0. The molecule has 0 radical (unpaired) electrons. The molecule has 1 aliphatic carbocycles. The highest BCUT2D eigenvalue weighted by Crippen LogP contribution is 2.77. The molecule has 2 atom stereocenters. The molecule has 0 saturated heterocycles. The van der Waals surface area contributed by atoms with Gasteiger partial charge >= 0.3 is 17.6 Å². The highest BCUT2D eigenvalue weighted by atomic mass is 19.3. The van der Waals surface area contributed by atoms with Crippen LogP contribution in [0.3, 0.4) is 0 Å². The lowest BCUT2D eigenvalue weighted by Crippen LogP contribution is -2.77. The number of halogens is 10. The van der Waals surface area contributed by atoms with Crippen molar-refractivity contribution in [1.82, 2.24) is 0 Å². The molecule has 174 valence electrons. The van der Waals surface area contributed by atoms with Gasteiger partial charge in [-0.2, -0.15) is 17.6 Å². The molecule has 29 heavy (non-hydrogen) atoms. The van der Waals surface area contributed by atoms with Crippen LogP contribution in [0.1, 0.15) is 41.5 Å². The minimum absolute atomic E-state index is 0.0575. The molecular weight excluding hydrogens is 426 g/mol. The van der Waals surface area contributed by atoms with E-state index in [2.05, 4.69) is 9.47 Å². The van der Waals surface area contributed by atoms with Crippen molar-refractivity contribution in [3.63, 3.8) is 0 Å². The number of methoxy groups -OCH3 is 2. The zero-order chi connectivity index (χ0) is 23.9. The molecule has 0 amide bonds. The smallest absolute Gasteiger partial charge is 0.343 e. The molecular formula is C17H24F10O2. The lowest BCUT2D eigenvalue weighted by Gasteiger charge is -2.50. The summed E-state index contributed by atoms with van der Waals surface area (Å²) in [7, 11) is 0.115. The van der Waals surface area contributed by atoms with Gasteiger partial charge in [-0.3, -0.25) is 0 Å². The molecule has 1 rings (SSSR count). The second-order valence-corrected chi connectivity index (χ2v) is 9.14. The Balaban J connectivity index is 4.38. The molecule has 1 aliphatic rings. The van der Waals surface area contributed by atoms with Gasteiger partial charge in [0.2, 0.25) is 0 Å². The first-order valence-electron chi connectivity index (χ1n) is 8.36. The second kappa shape index (κ2) is 6.14. The molecule has 1 fully saturated rings. The van der Waals surface area contributed by atoms with Crippen LogP contribution in [0, 0.1) is 10.8 Å². The Bertz CT molecular complexity index is 594. The molecule has 2 unspecified atom stereocenters. The Morgan fingerprint density at radius 2 is 0.724 bits per heavy atom. The van der Waals surface area contributed by atoms with Crippen molar-refractivity contribution in [2.24, 2.45) is 10.8 Å². The van der Waals surface area contributed by atoms with Gasteiger partial charge in [0.05, 0.1) is 0 Å². The largest absolute Gasteiger partial charge is 0.350 e. The fourth-order valence-corrected chi connectivity index (χ4v) is 3.54. The summed E-state index contributed by atoms with van der Waals surface area (Å²) in [5.41, 5.74) is -18.9. The maximum atomic E-state index is 15.8. The van der Waals surface area contributed by atoms with Gasteiger partial charge in [-0.15, -0.1) is 0 Å². The third-order valence-corrected chi connectivity index (χ3v) is 5.49. The monoisotopic (exact) mass is 450 g/mol. The van der Waals surface area contributed by atoms with Crippen LogP contribution in [0.4, 0.5) is 43.9 Å². The molecule has 2 nitrogen and oxygen atoms in total. The number of rotatable bonds is 4. The van der Waals surface area contributed by atoms with Crippen molar-refractivity contribution in [2.75, 3.05) is 14.2 Å². The molecule has 0 bridgehead atoms. The zero-order valence-electron chi connectivity index (χ0n) is 17.1. The predicted octanol–water partition coefficient (Wildman–Crippen LogP) is 6.04. The van der Waals surface area contributed by atoms with E-state index in [1.54, 1.807) is 0 Å². The first-order valence-corrected chi connectivity index (χ1v) is 8.36. The number of alkyl halides is 10. The van der Waals surface area contributed by atoms with Crippen molar-refractivity contribution in [2.45, 2.75) is 82.4 Å². The van der Waals surface area contributed by atoms with Crippen LogP contribution in [-0.2, 0) is 9.47 Å². The second-order valence-electron chi connectivity index (χ2n) is 9.14. The Kier molecular flexibility index (Phi) is 5.56. The van der Waals surface area contributed by atoms with Crippen LogP contribution in [-0.4, -0.2) is 55.0 Å². The molecule has 0 aromatic heterocycles. The van der Waals surface area contributed by atoms with Crippen LogP contribution < -0.4 is 0 Å². The molecule has 12 heteroatoms. The Morgan fingerprint density at radius 1 is 0.517 bits per heavy atom. The van der Waals surface area contributed by atoms with Crippen molar-refractivity contribution in [3.05, 3.63) is 0 Å². The fourth-order valence-electron chi connectivity index (χ4n) is 3.54. The van der Waals surface area contributed by atoms with Crippen LogP contribution >= 0.6 is 0 Å². The summed E-state index contributed by atoms with van der Waals surface area (Å²) in [5, 5.41) is 0. The Labute approximate surface area is 161 Å². The number of hydrogen-bond donors (Lipinski definition) is 0. The van der Waals surface area contributed by atoms with Gasteiger partial charge in [0.1, 0.15) is 0 Å². The predicted molar refractivity (Wildman–Crippen MR) is 83.1 cm³/mol. The van der Waals surface area contributed by atoms with E-state index in [4.69, 9.17) is 0 Å².